The lowest BCUT2D eigenvalue weighted by Gasteiger charge is -2.03. The fourth-order valence-corrected chi connectivity index (χ4v) is 2.15. The Labute approximate surface area is 110 Å². The average Bonchev–Trinajstić information content (AvgIpc) is 3.00. The van der Waals surface area contributed by atoms with Crippen LogP contribution in [0.1, 0.15) is 39.0 Å². The largest absolute Gasteiger partial charge is 0.361 e. The molecule has 0 saturated carbocycles. The van der Waals surface area contributed by atoms with Crippen LogP contribution in [0.4, 0.5) is 0 Å². The van der Waals surface area contributed by atoms with Crippen LogP contribution in [0.2, 0.25) is 0 Å². The van der Waals surface area contributed by atoms with Crippen molar-refractivity contribution < 1.29 is 9.59 Å². The standard InChI is InChI=1S/C15H14N2O2/c1-4-10-12(7-16-13(10)5-2)15-11(9(3)19)6-17-14(15)8-18/h4-8,16-17H,1-2H2,3H3. The average molecular weight is 254 g/mol. The number of ketones is 1. The number of aromatic nitrogens is 2. The normalized spacial score (nSPS) is 10.2. The molecule has 2 aromatic rings. The van der Waals surface area contributed by atoms with Crippen LogP contribution in [0, 0.1) is 0 Å². The van der Waals surface area contributed by atoms with Crippen LogP contribution in [0.5, 0.6) is 0 Å². The number of Topliss-reactive ketones (excluding diaryl/α,β-unsaturated/α-hetero) is 1. The van der Waals surface area contributed by atoms with Crippen LogP contribution in [-0.4, -0.2) is 22.0 Å². The van der Waals surface area contributed by atoms with E-state index in [-0.39, 0.29) is 5.78 Å². The van der Waals surface area contributed by atoms with Gasteiger partial charge in [0, 0.05) is 40.3 Å². The van der Waals surface area contributed by atoms with Crippen molar-refractivity contribution in [2.75, 3.05) is 0 Å². The van der Waals surface area contributed by atoms with Crippen LogP contribution >= 0.6 is 0 Å². The van der Waals surface area contributed by atoms with Crippen LogP contribution in [0.15, 0.2) is 25.6 Å². The molecule has 0 aliphatic rings. The summed E-state index contributed by atoms with van der Waals surface area (Å²) in [6.07, 6.45) is 7.34. The predicted octanol–water partition coefficient (Wildman–Crippen LogP) is 3.31. The highest BCUT2D eigenvalue weighted by molar-refractivity contribution is 6.06. The molecule has 0 fully saturated rings. The zero-order valence-corrected chi connectivity index (χ0v) is 10.6. The Bertz CT molecular complexity index is 674. The lowest BCUT2D eigenvalue weighted by molar-refractivity contribution is 0.101. The number of hydrogen-bond donors (Lipinski definition) is 2. The summed E-state index contributed by atoms with van der Waals surface area (Å²) in [4.78, 5) is 28.6. The molecule has 19 heavy (non-hydrogen) atoms. The van der Waals surface area contributed by atoms with Crippen LogP contribution in [0.25, 0.3) is 23.3 Å². The summed E-state index contributed by atoms with van der Waals surface area (Å²) in [5.41, 5.74) is 3.85. The van der Waals surface area contributed by atoms with Crippen molar-refractivity contribution in [2.24, 2.45) is 0 Å². The minimum Gasteiger partial charge on any atom is -0.361 e. The van der Waals surface area contributed by atoms with E-state index in [9.17, 15) is 9.59 Å². The van der Waals surface area contributed by atoms with Gasteiger partial charge in [0.05, 0.1) is 5.69 Å². The molecule has 0 radical (unpaired) electrons. The second-order valence-corrected chi connectivity index (χ2v) is 4.10. The number of nitrogens with one attached hydrogen (secondary N) is 2. The minimum absolute atomic E-state index is 0.101. The maximum atomic E-state index is 11.7. The number of aromatic amines is 2. The quantitative estimate of drug-likeness (QED) is 0.635. The van der Waals surface area contributed by atoms with Gasteiger partial charge in [-0.1, -0.05) is 19.2 Å². The van der Waals surface area contributed by atoms with Gasteiger partial charge in [-0.25, -0.2) is 0 Å². The molecule has 2 aromatic heterocycles. The summed E-state index contributed by atoms with van der Waals surface area (Å²) in [5.74, 6) is -0.101. The van der Waals surface area contributed by atoms with E-state index in [0.29, 0.717) is 23.1 Å². The zero-order chi connectivity index (χ0) is 14.0. The molecule has 96 valence electrons. The second kappa shape index (κ2) is 4.94. The van der Waals surface area contributed by atoms with Gasteiger partial charge < -0.3 is 9.97 Å². The van der Waals surface area contributed by atoms with Gasteiger partial charge in [-0.05, 0) is 13.0 Å². The van der Waals surface area contributed by atoms with Gasteiger partial charge in [0.1, 0.15) is 0 Å². The number of aldehydes is 1. The third-order valence-corrected chi connectivity index (χ3v) is 3.04. The monoisotopic (exact) mass is 254 g/mol. The molecule has 0 atom stereocenters. The summed E-state index contributed by atoms with van der Waals surface area (Å²) in [5, 5.41) is 0. The van der Waals surface area contributed by atoms with Crippen LogP contribution in [-0.2, 0) is 0 Å². The molecule has 0 saturated heterocycles. The van der Waals surface area contributed by atoms with E-state index in [0.717, 1.165) is 16.8 Å². The van der Waals surface area contributed by atoms with Gasteiger partial charge in [-0.3, -0.25) is 9.59 Å². The van der Waals surface area contributed by atoms with E-state index in [1.807, 2.05) is 0 Å². The maximum absolute atomic E-state index is 11.7. The van der Waals surface area contributed by atoms with Gasteiger partial charge in [-0.15, -0.1) is 0 Å². The summed E-state index contributed by atoms with van der Waals surface area (Å²) < 4.78 is 0. The Morgan fingerprint density at radius 2 is 1.84 bits per heavy atom. The van der Waals surface area contributed by atoms with Crippen molar-refractivity contribution in [2.45, 2.75) is 6.92 Å². The molecule has 0 aromatic carbocycles. The number of rotatable bonds is 5. The fraction of sp³-hybridized carbons (Fsp3) is 0.0667. The Morgan fingerprint density at radius 3 is 2.37 bits per heavy atom. The van der Waals surface area contributed by atoms with Crippen molar-refractivity contribution in [1.29, 1.82) is 0 Å². The van der Waals surface area contributed by atoms with Gasteiger partial charge in [0.25, 0.3) is 0 Å². The lowest BCUT2D eigenvalue weighted by Crippen LogP contribution is -1.94. The molecule has 2 heterocycles. The first kappa shape index (κ1) is 12.8. The SMILES string of the molecule is C=Cc1[nH]cc(-c2c(C(C)=O)c[nH]c2C=O)c1C=C. The first-order valence-electron chi connectivity index (χ1n) is 5.78. The Balaban J connectivity index is 2.77. The van der Waals surface area contributed by atoms with Gasteiger partial charge in [0.2, 0.25) is 0 Å². The summed E-state index contributed by atoms with van der Waals surface area (Å²) >= 11 is 0. The van der Waals surface area contributed by atoms with E-state index >= 15 is 0 Å². The Hall–Kier alpha value is -2.62. The topological polar surface area (TPSA) is 65.7 Å². The molecule has 0 spiro atoms. The number of carbonyl (C=O) groups excluding carboxylic acids is 2. The number of H-pyrrole nitrogens is 2. The fourth-order valence-electron chi connectivity index (χ4n) is 2.15. The molecule has 0 amide bonds. The van der Waals surface area contributed by atoms with E-state index in [2.05, 4.69) is 23.1 Å². The number of hydrogen-bond acceptors (Lipinski definition) is 2. The molecule has 2 N–H and O–H groups in total. The highest BCUT2D eigenvalue weighted by Crippen LogP contribution is 2.33. The Kier molecular flexibility index (Phi) is 3.33. The minimum atomic E-state index is -0.101. The van der Waals surface area contributed by atoms with Crippen molar-refractivity contribution in [3.05, 3.63) is 48.1 Å². The molecule has 4 nitrogen and oxygen atoms in total. The first-order valence-corrected chi connectivity index (χ1v) is 5.78. The zero-order valence-electron chi connectivity index (χ0n) is 10.6. The predicted molar refractivity (Wildman–Crippen MR) is 76.2 cm³/mol. The summed E-state index contributed by atoms with van der Waals surface area (Å²) in [6.45, 7) is 8.94. The van der Waals surface area contributed by atoms with Crippen molar-refractivity contribution in [1.82, 2.24) is 9.97 Å². The molecule has 0 aliphatic heterocycles. The van der Waals surface area contributed by atoms with Crippen LogP contribution < -0.4 is 0 Å². The van der Waals surface area contributed by atoms with E-state index in [4.69, 9.17) is 0 Å². The van der Waals surface area contributed by atoms with E-state index < -0.39 is 0 Å². The van der Waals surface area contributed by atoms with Gasteiger partial charge >= 0.3 is 0 Å². The van der Waals surface area contributed by atoms with Gasteiger partial charge in [-0.2, -0.15) is 0 Å². The van der Waals surface area contributed by atoms with E-state index in [1.54, 1.807) is 24.5 Å². The second-order valence-electron chi connectivity index (χ2n) is 4.10. The molecule has 4 heteroatoms. The van der Waals surface area contributed by atoms with Crippen molar-refractivity contribution in [3.8, 4) is 11.1 Å². The molecule has 0 aliphatic carbocycles. The number of carbonyl (C=O) groups is 2. The molecule has 0 bridgehead atoms. The third-order valence-electron chi connectivity index (χ3n) is 3.04. The summed E-state index contributed by atoms with van der Waals surface area (Å²) in [6, 6.07) is 0. The molecule has 2 rings (SSSR count). The Morgan fingerprint density at radius 1 is 1.16 bits per heavy atom. The maximum Gasteiger partial charge on any atom is 0.166 e. The van der Waals surface area contributed by atoms with E-state index in [1.165, 1.54) is 6.92 Å². The summed E-state index contributed by atoms with van der Waals surface area (Å²) in [7, 11) is 0. The van der Waals surface area contributed by atoms with Crippen LogP contribution in [0.3, 0.4) is 0 Å². The van der Waals surface area contributed by atoms with Crippen molar-refractivity contribution in [3.63, 3.8) is 0 Å². The molecule has 0 unspecified atom stereocenters. The van der Waals surface area contributed by atoms with Gasteiger partial charge in [0.15, 0.2) is 12.1 Å². The highest BCUT2D eigenvalue weighted by atomic mass is 16.1. The smallest absolute Gasteiger partial charge is 0.166 e. The highest BCUT2D eigenvalue weighted by Gasteiger charge is 2.19. The molecular weight excluding hydrogens is 240 g/mol. The third kappa shape index (κ3) is 1.97. The first-order chi connectivity index (χ1) is 9.13. The molecular formula is C15H14N2O2. The van der Waals surface area contributed by atoms with Crippen molar-refractivity contribution >= 4 is 24.2 Å². The lowest BCUT2D eigenvalue weighted by atomic mass is 9.97.